The quantitative estimate of drug-likeness (QED) is 0.349. The molecule has 182 valence electrons. The molecule has 0 unspecified atom stereocenters. The Morgan fingerprint density at radius 1 is 1.12 bits per heavy atom. The lowest BCUT2D eigenvalue weighted by atomic mass is 9.87. The van der Waals surface area contributed by atoms with Crippen LogP contribution in [0.15, 0.2) is 41.0 Å². The van der Waals surface area contributed by atoms with E-state index >= 15 is 0 Å². The van der Waals surface area contributed by atoms with Gasteiger partial charge in [0.2, 0.25) is 5.88 Å². The normalized spacial score (nSPS) is 18.2. The van der Waals surface area contributed by atoms with Gasteiger partial charge in [0, 0.05) is 30.3 Å². The predicted molar refractivity (Wildman–Crippen MR) is 133 cm³/mol. The highest BCUT2D eigenvalue weighted by Gasteiger charge is 2.23. The minimum Gasteiger partial charge on any atom is -0.492 e. The smallest absolute Gasteiger partial charge is 0.267 e. The maximum atomic E-state index is 11.2. The van der Waals surface area contributed by atoms with Crippen LogP contribution in [-0.2, 0) is 0 Å². The number of aliphatic hydroxyl groups is 1. The molecular formula is C25H31BrN4O4. The first-order valence-electron chi connectivity index (χ1n) is 11.8. The minimum atomic E-state index is -0.566. The zero-order valence-electron chi connectivity index (χ0n) is 19.2. The van der Waals surface area contributed by atoms with Gasteiger partial charge in [0.1, 0.15) is 11.4 Å². The summed E-state index contributed by atoms with van der Waals surface area (Å²) in [5.41, 5.74) is 6.37. The van der Waals surface area contributed by atoms with E-state index in [9.17, 15) is 9.90 Å². The van der Waals surface area contributed by atoms with E-state index in [-0.39, 0.29) is 12.3 Å². The molecule has 9 heteroatoms. The number of carbonyl (C=O) groups excluding carboxylic acids is 1. The highest BCUT2D eigenvalue weighted by molar-refractivity contribution is 9.10. The number of hydrogen-bond acceptors (Lipinski definition) is 6. The van der Waals surface area contributed by atoms with Gasteiger partial charge in [-0.15, -0.1) is 0 Å². The third-order valence-electron chi connectivity index (χ3n) is 6.30. The van der Waals surface area contributed by atoms with Gasteiger partial charge < -0.3 is 20.3 Å². The Labute approximate surface area is 207 Å². The van der Waals surface area contributed by atoms with Gasteiger partial charge >= 0.3 is 0 Å². The third-order valence-corrected chi connectivity index (χ3v) is 6.92. The van der Waals surface area contributed by atoms with Crippen LogP contribution in [0.1, 0.15) is 61.5 Å². The van der Waals surface area contributed by atoms with E-state index in [0.29, 0.717) is 31.1 Å². The van der Waals surface area contributed by atoms with Gasteiger partial charge in [-0.3, -0.25) is 9.48 Å². The number of halogens is 1. The van der Waals surface area contributed by atoms with Crippen molar-refractivity contribution in [1.29, 1.82) is 0 Å². The van der Waals surface area contributed by atoms with E-state index < -0.39 is 5.91 Å². The first-order valence-corrected chi connectivity index (χ1v) is 12.6. The summed E-state index contributed by atoms with van der Waals surface area (Å²) in [6.07, 6.45) is 9.02. The van der Waals surface area contributed by atoms with Crippen molar-refractivity contribution in [2.75, 3.05) is 19.8 Å². The molecule has 0 aliphatic heterocycles. The molecule has 2 aromatic heterocycles. The number of primary amides is 1. The molecule has 1 saturated carbocycles. The molecular weight excluding hydrogens is 500 g/mol. The maximum absolute atomic E-state index is 11.2. The lowest BCUT2D eigenvalue weighted by Gasteiger charge is -2.27. The first kappa shape index (κ1) is 24.5. The number of pyridine rings is 1. The maximum Gasteiger partial charge on any atom is 0.267 e. The molecule has 1 aromatic carbocycles. The summed E-state index contributed by atoms with van der Waals surface area (Å²) in [5, 5.41) is 15.3. The van der Waals surface area contributed by atoms with Crippen LogP contribution in [0.25, 0.3) is 10.9 Å². The molecule has 1 fully saturated rings. The molecule has 4 rings (SSSR count). The average molecular weight is 531 g/mol. The lowest BCUT2D eigenvalue weighted by Crippen LogP contribution is -2.20. The number of benzene rings is 1. The molecule has 0 bridgehead atoms. The van der Waals surface area contributed by atoms with Crippen LogP contribution in [0, 0.1) is 5.92 Å². The Morgan fingerprint density at radius 2 is 1.88 bits per heavy atom. The lowest BCUT2D eigenvalue weighted by molar-refractivity contribution is 0.0994. The van der Waals surface area contributed by atoms with E-state index in [0.717, 1.165) is 66.1 Å². The van der Waals surface area contributed by atoms with Crippen molar-refractivity contribution in [1.82, 2.24) is 14.8 Å². The molecule has 1 aliphatic carbocycles. The van der Waals surface area contributed by atoms with Crippen LogP contribution in [-0.4, -0.2) is 45.6 Å². The van der Waals surface area contributed by atoms with Crippen molar-refractivity contribution in [3.8, 4) is 11.6 Å². The fourth-order valence-corrected chi connectivity index (χ4v) is 4.78. The number of nitrogens with two attached hydrogens (primary N) is 1. The second kappa shape index (κ2) is 11.7. The molecule has 34 heavy (non-hydrogen) atoms. The molecule has 3 aromatic rings. The molecule has 1 amide bonds. The number of carbonyl (C=O) groups is 1. The highest BCUT2D eigenvalue weighted by Crippen LogP contribution is 2.34. The van der Waals surface area contributed by atoms with Crippen molar-refractivity contribution >= 4 is 32.7 Å². The minimum absolute atomic E-state index is 0.201. The Bertz CT molecular complexity index is 1110. The van der Waals surface area contributed by atoms with Gasteiger partial charge in [0.05, 0.1) is 29.2 Å². The largest absolute Gasteiger partial charge is 0.492 e. The molecule has 0 atom stereocenters. The van der Waals surface area contributed by atoms with E-state index in [2.05, 4.69) is 37.9 Å². The molecule has 0 saturated heterocycles. The Hall–Kier alpha value is -2.65. The fourth-order valence-electron chi connectivity index (χ4n) is 4.31. The third kappa shape index (κ3) is 6.27. The van der Waals surface area contributed by atoms with E-state index in [1.165, 1.54) is 0 Å². The number of rotatable bonds is 11. The van der Waals surface area contributed by atoms with Gasteiger partial charge in [-0.05, 0) is 78.9 Å². The number of aliphatic hydroxyl groups excluding tert-OH is 1. The highest BCUT2D eigenvalue weighted by atomic mass is 79.9. The van der Waals surface area contributed by atoms with Crippen LogP contribution < -0.4 is 15.2 Å². The topological polar surface area (TPSA) is 112 Å². The number of aromatic nitrogens is 3. The number of unbranched alkanes of at least 4 members (excludes halogenated alkanes) is 2. The van der Waals surface area contributed by atoms with Crippen LogP contribution in [0.5, 0.6) is 11.6 Å². The molecule has 3 N–H and O–H groups in total. The van der Waals surface area contributed by atoms with Crippen LogP contribution >= 0.6 is 15.9 Å². The Balaban J connectivity index is 1.21. The van der Waals surface area contributed by atoms with Crippen LogP contribution in [0.3, 0.4) is 0 Å². The van der Waals surface area contributed by atoms with Gasteiger partial charge in [-0.2, -0.15) is 5.10 Å². The van der Waals surface area contributed by atoms with E-state index in [1.54, 1.807) is 18.2 Å². The average Bonchev–Trinajstić information content (AvgIpc) is 3.26. The Kier molecular flexibility index (Phi) is 8.39. The molecule has 8 nitrogen and oxygen atoms in total. The monoisotopic (exact) mass is 530 g/mol. The van der Waals surface area contributed by atoms with Crippen molar-refractivity contribution in [2.24, 2.45) is 11.7 Å². The summed E-state index contributed by atoms with van der Waals surface area (Å²) in [5.74, 6) is 1.08. The van der Waals surface area contributed by atoms with Gasteiger partial charge in [0.15, 0.2) is 0 Å². The zero-order valence-corrected chi connectivity index (χ0v) is 20.7. The van der Waals surface area contributed by atoms with Crippen LogP contribution in [0.4, 0.5) is 0 Å². The second-order valence-electron chi connectivity index (χ2n) is 8.79. The standard InChI is InChI=1S/C25H31BrN4O4/c26-20-13-18-15-30(19-9-7-17(16-31)8-10-19)29-22(18)14-23(20)33-11-2-1-3-12-34-24-6-4-5-21(28-24)25(27)32/h4-6,13-15,17,19,31H,1-3,7-12,16H2,(H2,27,32). The Morgan fingerprint density at radius 3 is 2.62 bits per heavy atom. The van der Waals surface area contributed by atoms with Crippen molar-refractivity contribution in [2.45, 2.75) is 51.0 Å². The van der Waals surface area contributed by atoms with Gasteiger partial charge in [-0.25, -0.2) is 4.98 Å². The summed E-state index contributed by atoms with van der Waals surface area (Å²) in [6, 6.07) is 9.44. The number of amides is 1. The summed E-state index contributed by atoms with van der Waals surface area (Å²) >= 11 is 3.63. The van der Waals surface area contributed by atoms with Gasteiger partial charge in [-0.1, -0.05) is 6.07 Å². The summed E-state index contributed by atoms with van der Waals surface area (Å²) in [4.78, 5) is 15.3. The summed E-state index contributed by atoms with van der Waals surface area (Å²) < 4.78 is 14.6. The number of hydrogen-bond donors (Lipinski definition) is 2. The summed E-state index contributed by atoms with van der Waals surface area (Å²) in [7, 11) is 0. The van der Waals surface area contributed by atoms with E-state index in [1.807, 2.05) is 6.07 Å². The van der Waals surface area contributed by atoms with E-state index in [4.69, 9.17) is 20.3 Å². The molecule has 0 spiro atoms. The van der Waals surface area contributed by atoms with Crippen molar-refractivity contribution in [3.63, 3.8) is 0 Å². The number of ether oxygens (including phenoxy) is 2. The predicted octanol–water partition coefficient (Wildman–Crippen LogP) is 4.64. The van der Waals surface area contributed by atoms with Crippen molar-refractivity contribution < 1.29 is 19.4 Å². The molecule has 1 aliphatic rings. The zero-order chi connectivity index (χ0) is 23.9. The number of fused-ring (bicyclic) bond motifs is 1. The van der Waals surface area contributed by atoms with Gasteiger partial charge in [0.25, 0.3) is 5.91 Å². The number of nitrogens with zero attached hydrogens (tertiary/aromatic N) is 3. The van der Waals surface area contributed by atoms with Crippen LogP contribution in [0.2, 0.25) is 0 Å². The first-order chi connectivity index (χ1) is 16.5. The SMILES string of the molecule is NC(=O)c1cccc(OCCCCCOc2cc3nn(C4CCC(CO)CC4)cc3cc2Br)n1. The molecule has 2 heterocycles. The fraction of sp³-hybridized carbons (Fsp3) is 0.480. The second-order valence-corrected chi connectivity index (χ2v) is 9.64. The summed E-state index contributed by atoms with van der Waals surface area (Å²) in [6.45, 7) is 1.41. The molecule has 0 radical (unpaired) electrons. The van der Waals surface area contributed by atoms with Crippen molar-refractivity contribution in [3.05, 3.63) is 46.7 Å².